The second kappa shape index (κ2) is 5.48. The van der Waals surface area contributed by atoms with Gasteiger partial charge in [-0.05, 0) is 41.2 Å². The maximum absolute atomic E-state index is 2.41. The summed E-state index contributed by atoms with van der Waals surface area (Å²) in [5.41, 5.74) is 4.85. The first kappa shape index (κ1) is 14.6. The van der Waals surface area contributed by atoms with Crippen LogP contribution in [0.4, 0.5) is 0 Å². The number of rotatable bonds is 2. The fourth-order valence-corrected chi connectivity index (χ4v) is 3.94. The van der Waals surface area contributed by atoms with Gasteiger partial charge in [-0.15, -0.1) is 0 Å². The molecule has 0 N–H and O–H groups in total. The average molecular weight is 280 g/mol. The molecule has 3 rings (SSSR count). The predicted octanol–water partition coefficient (Wildman–Crippen LogP) is 6.00. The van der Waals surface area contributed by atoms with E-state index < -0.39 is 0 Å². The zero-order valence-electron chi connectivity index (χ0n) is 13.9. The van der Waals surface area contributed by atoms with Crippen LogP contribution in [0.2, 0.25) is 0 Å². The Hall–Kier alpha value is -1.30. The van der Waals surface area contributed by atoms with Gasteiger partial charge in [-0.25, -0.2) is 0 Å². The third kappa shape index (κ3) is 2.86. The van der Waals surface area contributed by atoms with Gasteiger partial charge in [0.25, 0.3) is 0 Å². The summed E-state index contributed by atoms with van der Waals surface area (Å²) in [5.74, 6) is 2.24. The van der Waals surface area contributed by atoms with E-state index in [-0.39, 0.29) is 5.41 Å². The molecule has 0 bridgehead atoms. The van der Waals surface area contributed by atoms with Crippen LogP contribution in [0.15, 0.2) is 48.1 Å². The highest BCUT2D eigenvalue weighted by Gasteiger charge is 2.34. The number of allylic oxidation sites excluding steroid dienone is 4. The van der Waals surface area contributed by atoms with Crippen molar-refractivity contribution in [1.82, 2.24) is 0 Å². The van der Waals surface area contributed by atoms with Gasteiger partial charge in [-0.2, -0.15) is 0 Å². The van der Waals surface area contributed by atoms with E-state index in [4.69, 9.17) is 0 Å². The zero-order valence-corrected chi connectivity index (χ0v) is 13.9. The quantitative estimate of drug-likeness (QED) is 0.623. The average Bonchev–Trinajstić information content (AvgIpc) is 2.89. The summed E-state index contributed by atoms with van der Waals surface area (Å²) in [6.45, 7) is 9.19. The molecule has 3 unspecified atom stereocenters. The Morgan fingerprint density at radius 2 is 1.81 bits per heavy atom. The van der Waals surface area contributed by atoms with Crippen molar-refractivity contribution in [3.63, 3.8) is 0 Å². The summed E-state index contributed by atoms with van der Waals surface area (Å²) in [5, 5.41) is 0. The van der Waals surface area contributed by atoms with Crippen molar-refractivity contribution in [2.75, 3.05) is 0 Å². The van der Waals surface area contributed by atoms with E-state index in [0.717, 1.165) is 11.8 Å². The van der Waals surface area contributed by atoms with Crippen LogP contribution in [0, 0.1) is 11.8 Å². The van der Waals surface area contributed by atoms with Crippen LogP contribution < -0.4 is 0 Å². The van der Waals surface area contributed by atoms with Crippen LogP contribution in [0.1, 0.15) is 64.0 Å². The summed E-state index contributed by atoms with van der Waals surface area (Å²) in [7, 11) is 0. The minimum atomic E-state index is 0.243. The minimum Gasteiger partial charge on any atom is -0.0764 e. The lowest BCUT2D eigenvalue weighted by atomic mass is 9.78. The van der Waals surface area contributed by atoms with E-state index in [2.05, 4.69) is 70.2 Å². The van der Waals surface area contributed by atoms with E-state index in [1.807, 2.05) is 0 Å². The van der Waals surface area contributed by atoms with Crippen molar-refractivity contribution < 1.29 is 0 Å². The van der Waals surface area contributed by atoms with Gasteiger partial charge in [-0.3, -0.25) is 0 Å². The molecule has 2 aliphatic carbocycles. The lowest BCUT2D eigenvalue weighted by Gasteiger charge is -2.26. The molecular weight excluding hydrogens is 252 g/mol. The molecule has 1 aromatic carbocycles. The Morgan fingerprint density at radius 1 is 1.10 bits per heavy atom. The second-order valence-corrected chi connectivity index (χ2v) is 7.84. The highest BCUT2D eigenvalue weighted by Crippen LogP contribution is 2.47. The zero-order chi connectivity index (χ0) is 15.0. The molecule has 0 heterocycles. The van der Waals surface area contributed by atoms with Gasteiger partial charge in [0.15, 0.2) is 0 Å². The normalized spacial score (nSPS) is 28.4. The molecule has 0 aliphatic heterocycles. The van der Waals surface area contributed by atoms with E-state index >= 15 is 0 Å². The third-order valence-corrected chi connectivity index (χ3v) is 5.39. The number of hydrogen-bond acceptors (Lipinski definition) is 0. The number of fused-ring (bicyclic) bond motifs is 1. The van der Waals surface area contributed by atoms with E-state index in [9.17, 15) is 0 Å². The predicted molar refractivity (Wildman–Crippen MR) is 91.6 cm³/mol. The molecule has 0 heteroatoms. The first-order valence-electron chi connectivity index (χ1n) is 8.46. The minimum absolute atomic E-state index is 0.243. The van der Waals surface area contributed by atoms with Crippen molar-refractivity contribution in [2.45, 2.75) is 58.3 Å². The first-order chi connectivity index (χ1) is 9.99. The maximum Gasteiger partial charge on any atom is 0.00868 e. The highest BCUT2D eigenvalue weighted by molar-refractivity contribution is 5.38. The summed E-state index contributed by atoms with van der Waals surface area (Å²) >= 11 is 0. The molecular formula is C21H28. The molecule has 1 aromatic rings. The highest BCUT2D eigenvalue weighted by atomic mass is 14.4. The molecule has 21 heavy (non-hydrogen) atoms. The lowest BCUT2D eigenvalue weighted by molar-refractivity contribution is 0.463. The lowest BCUT2D eigenvalue weighted by Crippen LogP contribution is -2.14. The topological polar surface area (TPSA) is 0 Å². The van der Waals surface area contributed by atoms with Crippen LogP contribution in [0.3, 0.4) is 0 Å². The van der Waals surface area contributed by atoms with Gasteiger partial charge < -0.3 is 0 Å². The van der Waals surface area contributed by atoms with Crippen LogP contribution in [0.5, 0.6) is 0 Å². The van der Waals surface area contributed by atoms with Gasteiger partial charge >= 0.3 is 0 Å². The molecule has 0 radical (unpaired) electrons. The van der Waals surface area contributed by atoms with Crippen LogP contribution in [-0.4, -0.2) is 0 Å². The largest absolute Gasteiger partial charge is 0.0764 e. The summed E-state index contributed by atoms with van der Waals surface area (Å²) in [4.78, 5) is 0. The van der Waals surface area contributed by atoms with E-state index in [1.54, 1.807) is 5.57 Å². The van der Waals surface area contributed by atoms with Gasteiger partial charge in [0.1, 0.15) is 0 Å². The summed E-state index contributed by atoms with van der Waals surface area (Å²) in [6.07, 6.45) is 11.1. The molecule has 3 atom stereocenters. The first-order valence-corrected chi connectivity index (χ1v) is 8.46. The molecule has 0 amide bonds. The molecule has 112 valence electrons. The smallest absolute Gasteiger partial charge is 0.00868 e. The molecule has 0 nitrogen and oxygen atoms in total. The van der Waals surface area contributed by atoms with Crippen molar-refractivity contribution >= 4 is 0 Å². The monoisotopic (exact) mass is 280 g/mol. The molecule has 2 aliphatic rings. The van der Waals surface area contributed by atoms with Crippen LogP contribution >= 0.6 is 0 Å². The van der Waals surface area contributed by atoms with E-state index in [1.165, 1.54) is 30.4 Å². The Balaban J connectivity index is 1.84. The Kier molecular flexibility index (Phi) is 3.82. The Morgan fingerprint density at radius 3 is 2.43 bits per heavy atom. The van der Waals surface area contributed by atoms with Crippen molar-refractivity contribution in [2.24, 2.45) is 11.8 Å². The van der Waals surface area contributed by atoms with Crippen LogP contribution in [0.25, 0.3) is 0 Å². The second-order valence-electron chi connectivity index (χ2n) is 7.84. The standard InChI is InChI=1S/C21H28/c1-5-15-13-17-7-6-8-19(20(17)14-15)16-9-11-18(12-10-16)21(2,3)4/h6-12,15,19-20H,5,13-14H2,1-4H3. The molecule has 0 saturated heterocycles. The molecule has 1 saturated carbocycles. The fraction of sp³-hybridized carbons (Fsp3) is 0.524. The van der Waals surface area contributed by atoms with Gasteiger partial charge in [0.2, 0.25) is 0 Å². The van der Waals surface area contributed by atoms with Gasteiger partial charge in [0, 0.05) is 5.92 Å². The van der Waals surface area contributed by atoms with E-state index in [0.29, 0.717) is 5.92 Å². The van der Waals surface area contributed by atoms with Crippen LogP contribution in [-0.2, 0) is 5.41 Å². The third-order valence-electron chi connectivity index (χ3n) is 5.39. The fourth-order valence-electron chi connectivity index (χ4n) is 3.94. The number of benzene rings is 1. The molecule has 1 fully saturated rings. The molecule has 0 spiro atoms. The van der Waals surface area contributed by atoms with Crippen molar-refractivity contribution in [3.05, 3.63) is 59.2 Å². The van der Waals surface area contributed by atoms with Gasteiger partial charge in [-0.1, -0.05) is 82.2 Å². The van der Waals surface area contributed by atoms with Crippen molar-refractivity contribution in [1.29, 1.82) is 0 Å². The summed E-state index contributed by atoms with van der Waals surface area (Å²) < 4.78 is 0. The molecule has 0 aromatic heterocycles. The SMILES string of the molecule is CCC1CC2=CC=CC(c3ccc(C(C)(C)C)cc3)C2C1. The Bertz CT molecular complexity index is 551. The van der Waals surface area contributed by atoms with Crippen molar-refractivity contribution in [3.8, 4) is 0 Å². The number of hydrogen-bond donors (Lipinski definition) is 0. The summed E-state index contributed by atoms with van der Waals surface area (Å²) in [6, 6.07) is 9.37. The van der Waals surface area contributed by atoms with Gasteiger partial charge in [0.05, 0.1) is 0 Å². The Labute approximate surface area is 130 Å². The maximum atomic E-state index is 2.41.